The molecule has 1 N–H and O–H groups in total. The Kier molecular flexibility index (Phi) is 6.64. The predicted molar refractivity (Wildman–Crippen MR) is 142 cm³/mol. The van der Waals surface area contributed by atoms with Gasteiger partial charge in [0.05, 0.1) is 30.6 Å². The van der Waals surface area contributed by atoms with Gasteiger partial charge in [-0.2, -0.15) is 10.1 Å². The molecule has 0 unspecified atom stereocenters. The number of hydrogen-bond donors (Lipinski definition) is 1. The first kappa shape index (κ1) is 23.5. The van der Waals surface area contributed by atoms with Gasteiger partial charge in [-0.3, -0.25) is 9.48 Å². The normalized spacial score (nSPS) is 13.9. The summed E-state index contributed by atoms with van der Waals surface area (Å²) in [6.45, 7) is 2.77. The summed E-state index contributed by atoms with van der Waals surface area (Å²) in [5, 5.41) is 8.82. The van der Waals surface area contributed by atoms with E-state index in [1.54, 1.807) is 12.3 Å². The lowest BCUT2D eigenvalue weighted by atomic mass is 10.1. The Hall–Kier alpha value is -4.24. The van der Waals surface area contributed by atoms with Crippen molar-refractivity contribution >= 4 is 34.1 Å². The van der Waals surface area contributed by atoms with Crippen LogP contribution in [0.2, 0.25) is 0 Å². The van der Waals surface area contributed by atoms with E-state index in [1.165, 1.54) is 0 Å². The zero-order chi connectivity index (χ0) is 25.1. The first-order chi connectivity index (χ1) is 17.5. The first-order valence-electron chi connectivity index (χ1n) is 11.9. The van der Waals surface area contributed by atoms with E-state index in [0.717, 1.165) is 40.9 Å². The fraction of sp³-hybridized carbons (Fsp3) is 0.259. The fourth-order valence-corrected chi connectivity index (χ4v) is 4.03. The van der Waals surface area contributed by atoms with E-state index in [9.17, 15) is 4.79 Å². The molecule has 1 saturated heterocycles. The quantitative estimate of drug-likeness (QED) is 0.313. The molecular weight excluding hydrogens is 454 g/mol. The zero-order valence-electron chi connectivity index (χ0n) is 20.7. The van der Waals surface area contributed by atoms with Crippen LogP contribution < -0.4 is 10.2 Å². The molecule has 184 valence electrons. The molecule has 0 amide bonds. The van der Waals surface area contributed by atoms with E-state index in [4.69, 9.17) is 14.7 Å². The van der Waals surface area contributed by atoms with Gasteiger partial charge in [0, 0.05) is 74.8 Å². The molecule has 5 rings (SSSR count). The lowest BCUT2D eigenvalue weighted by molar-refractivity contribution is 0.104. The van der Waals surface area contributed by atoms with E-state index in [1.807, 2.05) is 67.3 Å². The highest BCUT2D eigenvalue weighted by molar-refractivity contribution is 6.04. The van der Waals surface area contributed by atoms with Gasteiger partial charge >= 0.3 is 0 Å². The Morgan fingerprint density at radius 1 is 1.06 bits per heavy atom. The summed E-state index contributed by atoms with van der Waals surface area (Å²) >= 11 is 0. The van der Waals surface area contributed by atoms with Gasteiger partial charge in [0.15, 0.2) is 5.78 Å². The molecule has 0 radical (unpaired) electrons. The summed E-state index contributed by atoms with van der Waals surface area (Å²) in [6, 6.07) is 15.5. The largest absolute Gasteiger partial charge is 0.383 e. The van der Waals surface area contributed by atoms with Crippen LogP contribution in [0.4, 0.5) is 17.5 Å². The minimum Gasteiger partial charge on any atom is -0.383 e. The number of carbonyl (C=O) groups is 1. The first-order valence-corrected chi connectivity index (χ1v) is 11.9. The van der Waals surface area contributed by atoms with E-state index >= 15 is 0 Å². The average molecular weight is 484 g/mol. The number of benzene rings is 2. The summed E-state index contributed by atoms with van der Waals surface area (Å²) in [7, 11) is 5.70. The van der Waals surface area contributed by atoms with Crippen molar-refractivity contribution in [2.45, 2.75) is 0 Å². The molecule has 0 aliphatic carbocycles. The Balaban J connectivity index is 1.46. The van der Waals surface area contributed by atoms with Crippen LogP contribution in [0, 0.1) is 0 Å². The number of anilines is 3. The van der Waals surface area contributed by atoms with Gasteiger partial charge in [-0.1, -0.05) is 12.1 Å². The van der Waals surface area contributed by atoms with Gasteiger partial charge in [0.2, 0.25) is 5.95 Å². The molecule has 1 aliphatic heterocycles. The number of hydrogen-bond acceptors (Lipinski definition) is 8. The van der Waals surface area contributed by atoms with Crippen molar-refractivity contribution in [1.29, 1.82) is 0 Å². The number of rotatable bonds is 7. The zero-order valence-corrected chi connectivity index (χ0v) is 20.7. The molecule has 1 fully saturated rings. The van der Waals surface area contributed by atoms with Gasteiger partial charge < -0.3 is 19.9 Å². The minimum atomic E-state index is -0.0419. The van der Waals surface area contributed by atoms with Crippen molar-refractivity contribution < 1.29 is 9.53 Å². The molecule has 2 aromatic heterocycles. The summed E-state index contributed by atoms with van der Waals surface area (Å²) in [4.78, 5) is 26.0. The van der Waals surface area contributed by atoms with Gasteiger partial charge in [-0.05, 0) is 30.3 Å². The Labute approximate surface area is 210 Å². The summed E-state index contributed by atoms with van der Waals surface area (Å²) in [6.07, 6.45) is 5.16. The molecule has 0 atom stereocenters. The molecule has 4 aromatic rings. The van der Waals surface area contributed by atoms with Crippen LogP contribution in [-0.4, -0.2) is 70.8 Å². The number of nitrogens with one attached hydrogen (secondary N) is 1. The van der Waals surface area contributed by atoms with Crippen LogP contribution >= 0.6 is 0 Å². The number of morpholine rings is 1. The second-order valence-electron chi connectivity index (χ2n) is 8.93. The maximum atomic E-state index is 12.4. The molecule has 3 heterocycles. The summed E-state index contributed by atoms with van der Waals surface area (Å²) in [5.74, 6) is 1.29. The second kappa shape index (κ2) is 10.2. The lowest BCUT2D eigenvalue weighted by Gasteiger charge is -2.27. The molecule has 0 saturated carbocycles. The van der Waals surface area contributed by atoms with Crippen LogP contribution in [0.1, 0.15) is 10.4 Å². The lowest BCUT2D eigenvalue weighted by Crippen LogP contribution is -2.37. The maximum absolute atomic E-state index is 12.4. The summed E-state index contributed by atoms with van der Waals surface area (Å²) in [5.41, 5.74) is 4.30. The number of aromatic nitrogens is 4. The van der Waals surface area contributed by atoms with E-state index in [2.05, 4.69) is 33.5 Å². The number of fused-ring (bicyclic) bond motifs is 1. The number of aryl methyl sites for hydroxylation is 1. The van der Waals surface area contributed by atoms with Crippen molar-refractivity contribution in [1.82, 2.24) is 24.6 Å². The highest BCUT2D eigenvalue weighted by atomic mass is 16.5. The second-order valence-corrected chi connectivity index (χ2v) is 8.93. The standard InChI is InChI=1S/C27H29N7O2/c1-32(2)11-10-25(35)19-6-8-22(9-7-19)29-26-17-23(30-27(31-26)34-12-14-36-15-13-34)20-4-5-21-18-28-33(3)24(21)16-20/h4-11,16-18H,12-15H2,1-3H3,(H,29,30,31). The van der Waals surface area contributed by atoms with Gasteiger partial charge in [0.1, 0.15) is 5.82 Å². The monoisotopic (exact) mass is 483 g/mol. The predicted octanol–water partition coefficient (Wildman–Crippen LogP) is 3.87. The molecule has 2 aromatic carbocycles. The molecule has 0 spiro atoms. The maximum Gasteiger partial charge on any atom is 0.228 e. The number of ketones is 1. The average Bonchev–Trinajstić information content (AvgIpc) is 3.28. The number of ether oxygens (including phenoxy) is 1. The highest BCUT2D eigenvalue weighted by Gasteiger charge is 2.17. The van der Waals surface area contributed by atoms with Gasteiger partial charge in [0.25, 0.3) is 0 Å². The molecule has 9 nitrogen and oxygen atoms in total. The Morgan fingerprint density at radius 2 is 1.83 bits per heavy atom. The third-order valence-electron chi connectivity index (χ3n) is 6.02. The molecule has 0 bridgehead atoms. The van der Waals surface area contributed by atoms with Crippen LogP contribution in [0.25, 0.3) is 22.2 Å². The molecule has 9 heteroatoms. The Bertz CT molecular complexity index is 1400. The van der Waals surface area contributed by atoms with Gasteiger partial charge in [-0.25, -0.2) is 4.98 Å². The van der Waals surface area contributed by atoms with Crippen molar-refractivity contribution in [2.75, 3.05) is 50.6 Å². The molecular formula is C27H29N7O2. The van der Waals surface area contributed by atoms with Crippen LogP contribution in [0.5, 0.6) is 0 Å². The Morgan fingerprint density at radius 3 is 2.58 bits per heavy atom. The molecule has 1 aliphatic rings. The van der Waals surface area contributed by atoms with E-state index < -0.39 is 0 Å². The van der Waals surface area contributed by atoms with Crippen LogP contribution in [0.3, 0.4) is 0 Å². The smallest absolute Gasteiger partial charge is 0.228 e. The number of carbonyl (C=O) groups excluding carboxylic acids is 1. The van der Waals surface area contributed by atoms with Crippen molar-refractivity contribution in [3.63, 3.8) is 0 Å². The van der Waals surface area contributed by atoms with Crippen molar-refractivity contribution in [3.05, 3.63) is 72.6 Å². The topological polar surface area (TPSA) is 88.4 Å². The van der Waals surface area contributed by atoms with E-state index in [0.29, 0.717) is 30.5 Å². The number of nitrogens with zero attached hydrogens (tertiary/aromatic N) is 6. The number of allylic oxidation sites excluding steroid dienone is 1. The third kappa shape index (κ3) is 5.21. The van der Waals surface area contributed by atoms with Gasteiger partial charge in [-0.15, -0.1) is 0 Å². The SMILES string of the molecule is CN(C)C=CC(=O)c1ccc(Nc2cc(-c3ccc4cnn(C)c4c3)nc(N3CCOCC3)n2)cc1. The fourth-order valence-electron chi connectivity index (χ4n) is 4.03. The highest BCUT2D eigenvalue weighted by Crippen LogP contribution is 2.28. The van der Waals surface area contributed by atoms with E-state index in [-0.39, 0.29) is 5.78 Å². The van der Waals surface area contributed by atoms with Crippen LogP contribution in [0.15, 0.2) is 67.0 Å². The third-order valence-corrected chi connectivity index (χ3v) is 6.02. The molecule has 36 heavy (non-hydrogen) atoms. The van der Waals surface area contributed by atoms with Crippen molar-refractivity contribution in [3.8, 4) is 11.3 Å². The summed E-state index contributed by atoms with van der Waals surface area (Å²) < 4.78 is 7.38. The van der Waals surface area contributed by atoms with Crippen molar-refractivity contribution in [2.24, 2.45) is 7.05 Å². The van der Waals surface area contributed by atoms with Crippen LogP contribution in [-0.2, 0) is 11.8 Å². The minimum absolute atomic E-state index is 0.0419.